The Balaban J connectivity index is 1.07. The van der Waals surface area contributed by atoms with Gasteiger partial charge in [-0.25, -0.2) is 0 Å². The Bertz CT molecular complexity index is 3840. The molecule has 0 radical (unpaired) electrons. The van der Waals surface area contributed by atoms with Crippen molar-refractivity contribution in [3.8, 4) is 39.1 Å². The molecule has 13 aromatic rings. The van der Waals surface area contributed by atoms with E-state index in [0.717, 1.165) is 55.8 Å². The van der Waals surface area contributed by atoms with E-state index in [1.807, 2.05) is 23.5 Å². The quantitative estimate of drug-likeness (QED) is 0.159. The zero-order valence-corrected chi connectivity index (χ0v) is 35.5. The van der Waals surface area contributed by atoms with Crippen LogP contribution in [0.5, 0.6) is 0 Å². The number of rotatable bonds is 7. The monoisotopic (exact) mass is 834 g/mol. The number of nitrogens with zero attached hydrogens (tertiary/aromatic N) is 2. The van der Waals surface area contributed by atoms with Gasteiger partial charge in [-0.2, -0.15) is 0 Å². The van der Waals surface area contributed by atoms with Crippen LogP contribution in [0.1, 0.15) is 0 Å². The lowest BCUT2D eigenvalue weighted by Crippen LogP contribution is -2.12. The van der Waals surface area contributed by atoms with Gasteiger partial charge in [0.05, 0.1) is 22.4 Å². The summed E-state index contributed by atoms with van der Waals surface area (Å²) in [6.45, 7) is 0. The molecule has 0 atom stereocenters. The minimum absolute atomic E-state index is 0.900. The molecule has 0 N–H and O–H groups in total. The van der Waals surface area contributed by atoms with Crippen LogP contribution >= 0.6 is 11.3 Å². The predicted octanol–water partition coefficient (Wildman–Crippen LogP) is 17.5. The van der Waals surface area contributed by atoms with Gasteiger partial charge in [0.2, 0.25) is 0 Å². The number of thiophene rings is 1. The maximum atomic E-state index is 6.52. The van der Waals surface area contributed by atoms with Crippen LogP contribution in [0.2, 0.25) is 0 Å². The van der Waals surface area contributed by atoms with Gasteiger partial charge in [-0.3, -0.25) is 0 Å². The number of furan rings is 1. The van der Waals surface area contributed by atoms with Crippen molar-refractivity contribution in [1.82, 2.24) is 4.57 Å². The van der Waals surface area contributed by atoms with Crippen LogP contribution in [-0.4, -0.2) is 4.57 Å². The molecule has 300 valence electrons. The smallest absolute Gasteiger partial charge is 0.143 e. The van der Waals surface area contributed by atoms with Crippen molar-refractivity contribution in [3.05, 3.63) is 231 Å². The highest BCUT2D eigenvalue weighted by Crippen LogP contribution is 2.51. The van der Waals surface area contributed by atoms with Gasteiger partial charge in [0, 0.05) is 69.8 Å². The fourth-order valence-electron chi connectivity index (χ4n) is 9.91. The molecule has 0 bridgehead atoms. The third kappa shape index (κ3) is 5.73. The number of hydrogen-bond donors (Lipinski definition) is 0. The van der Waals surface area contributed by atoms with Crippen molar-refractivity contribution < 1.29 is 4.42 Å². The van der Waals surface area contributed by atoms with E-state index in [2.05, 4.69) is 228 Å². The highest BCUT2D eigenvalue weighted by atomic mass is 32.1. The lowest BCUT2D eigenvalue weighted by atomic mass is 9.96. The number of para-hydroxylation sites is 5. The van der Waals surface area contributed by atoms with Crippen molar-refractivity contribution in [2.24, 2.45) is 0 Å². The first kappa shape index (κ1) is 36.5. The molecular formula is C60H38N2OS. The Morgan fingerprint density at radius 3 is 1.69 bits per heavy atom. The molecule has 0 saturated carbocycles. The Morgan fingerprint density at radius 1 is 0.375 bits per heavy atom. The Kier molecular flexibility index (Phi) is 8.40. The summed E-state index contributed by atoms with van der Waals surface area (Å²) in [5.74, 6) is 0. The zero-order valence-electron chi connectivity index (χ0n) is 34.7. The summed E-state index contributed by atoms with van der Waals surface area (Å²) in [5.41, 5.74) is 15.5. The van der Waals surface area contributed by atoms with Crippen molar-refractivity contribution >= 4 is 92.3 Å². The fraction of sp³-hybridized carbons (Fsp3) is 0. The maximum absolute atomic E-state index is 6.52. The number of aromatic nitrogens is 1. The van der Waals surface area contributed by atoms with Gasteiger partial charge in [-0.05, 0) is 77.4 Å². The summed E-state index contributed by atoms with van der Waals surface area (Å²) < 4.78 is 11.5. The highest BCUT2D eigenvalue weighted by Gasteiger charge is 2.25. The third-order valence-corrected chi connectivity index (χ3v) is 14.0. The van der Waals surface area contributed by atoms with Gasteiger partial charge in [0.15, 0.2) is 0 Å². The summed E-state index contributed by atoms with van der Waals surface area (Å²) in [7, 11) is 0. The normalized spacial score (nSPS) is 11.8. The molecule has 0 spiro atoms. The molecule has 0 amide bonds. The molecule has 4 heteroatoms. The Morgan fingerprint density at radius 2 is 0.938 bits per heavy atom. The van der Waals surface area contributed by atoms with Crippen LogP contribution in [-0.2, 0) is 0 Å². The highest BCUT2D eigenvalue weighted by molar-refractivity contribution is 7.26. The second kappa shape index (κ2) is 14.7. The SMILES string of the molecule is c1ccc(-c2ccc(N(c3ccc(-c4cccc5c4oc4ccccc45)cc3)c3ccc4c(sc5ccccc54)c3-c3ccccc3-n3c4ccccc4c4ccccc43)cc2)cc1. The summed E-state index contributed by atoms with van der Waals surface area (Å²) in [5, 5.41) is 7.27. The number of anilines is 3. The Labute approximate surface area is 373 Å². The number of benzene rings is 10. The molecule has 10 aromatic carbocycles. The van der Waals surface area contributed by atoms with Gasteiger partial charge < -0.3 is 13.9 Å². The predicted molar refractivity (Wildman–Crippen MR) is 272 cm³/mol. The van der Waals surface area contributed by atoms with Crippen LogP contribution < -0.4 is 4.90 Å². The molecule has 64 heavy (non-hydrogen) atoms. The number of fused-ring (bicyclic) bond motifs is 9. The average Bonchev–Trinajstić information content (AvgIpc) is 4.05. The molecule has 3 heterocycles. The zero-order chi connectivity index (χ0) is 42.1. The molecule has 3 aromatic heterocycles. The van der Waals surface area contributed by atoms with Crippen molar-refractivity contribution in [3.63, 3.8) is 0 Å². The summed E-state index contributed by atoms with van der Waals surface area (Å²) in [6, 6.07) is 83.5. The van der Waals surface area contributed by atoms with Crippen LogP contribution in [0.3, 0.4) is 0 Å². The summed E-state index contributed by atoms with van der Waals surface area (Å²) in [4.78, 5) is 2.45. The fourth-order valence-corrected chi connectivity index (χ4v) is 11.2. The van der Waals surface area contributed by atoms with Gasteiger partial charge in [0.25, 0.3) is 0 Å². The first-order chi connectivity index (χ1) is 31.8. The van der Waals surface area contributed by atoms with E-state index in [1.54, 1.807) is 0 Å². The molecule has 0 aliphatic carbocycles. The molecule has 3 nitrogen and oxygen atoms in total. The van der Waals surface area contributed by atoms with E-state index in [0.29, 0.717) is 0 Å². The first-order valence-electron chi connectivity index (χ1n) is 21.8. The minimum Gasteiger partial charge on any atom is -0.455 e. The maximum Gasteiger partial charge on any atom is 0.143 e. The number of hydrogen-bond acceptors (Lipinski definition) is 3. The Hall–Kier alpha value is -8.18. The van der Waals surface area contributed by atoms with E-state index >= 15 is 0 Å². The van der Waals surface area contributed by atoms with E-state index in [4.69, 9.17) is 4.42 Å². The van der Waals surface area contributed by atoms with Crippen LogP contribution in [0.25, 0.3) is 103 Å². The molecule has 0 unspecified atom stereocenters. The molecular weight excluding hydrogens is 797 g/mol. The van der Waals surface area contributed by atoms with Crippen molar-refractivity contribution in [1.29, 1.82) is 0 Å². The lowest BCUT2D eigenvalue weighted by molar-refractivity contribution is 0.670. The van der Waals surface area contributed by atoms with Gasteiger partial charge in [-0.15, -0.1) is 11.3 Å². The van der Waals surface area contributed by atoms with Gasteiger partial charge in [-0.1, -0.05) is 170 Å². The largest absolute Gasteiger partial charge is 0.455 e. The van der Waals surface area contributed by atoms with Crippen LogP contribution in [0.15, 0.2) is 235 Å². The summed E-state index contributed by atoms with van der Waals surface area (Å²) in [6.07, 6.45) is 0. The van der Waals surface area contributed by atoms with Crippen molar-refractivity contribution in [2.45, 2.75) is 0 Å². The van der Waals surface area contributed by atoms with Crippen molar-refractivity contribution in [2.75, 3.05) is 4.90 Å². The van der Waals surface area contributed by atoms with Crippen LogP contribution in [0.4, 0.5) is 17.1 Å². The van der Waals surface area contributed by atoms with E-state index in [1.165, 1.54) is 64.2 Å². The molecule has 0 saturated heterocycles. The van der Waals surface area contributed by atoms with Gasteiger partial charge >= 0.3 is 0 Å². The summed E-state index contributed by atoms with van der Waals surface area (Å²) >= 11 is 1.87. The third-order valence-electron chi connectivity index (χ3n) is 12.8. The first-order valence-corrected chi connectivity index (χ1v) is 22.6. The molecule has 0 fully saturated rings. The van der Waals surface area contributed by atoms with E-state index < -0.39 is 0 Å². The minimum atomic E-state index is 0.900. The second-order valence-electron chi connectivity index (χ2n) is 16.4. The molecule has 13 rings (SSSR count). The second-order valence-corrected chi connectivity index (χ2v) is 17.4. The standard InChI is InChI=1S/C60H38N2OS/c1-2-15-39(16-3-1)40-29-33-42(34-30-40)61(43-35-31-41(32-36-43)44-22-14-23-49-47-19-7-12-27-56(47)63-59(44)49)55-38-37-50-48-20-8-13-28-57(48)64-60(50)58(55)51-21-6-11-26-54(51)62-52-24-9-4-17-45(52)46-18-5-10-25-53(46)62/h1-38H. The van der Waals surface area contributed by atoms with Crippen LogP contribution in [0, 0.1) is 0 Å². The topological polar surface area (TPSA) is 21.3 Å². The average molecular weight is 835 g/mol. The molecule has 0 aliphatic rings. The lowest BCUT2D eigenvalue weighted by Gasteiger charge is -2.29. The van der Waals surface area contributed by atoms with Gasteiger partial charge in [0.1, 0.15) is 11.2 Å². The van der Waals surface area contributed by atoms with E-state index in [-0.39, 0.29) is 0 Å². The van der Waals surface area contributed by atoms with E-state index in [9.17, 15) is 0 Å². The molecule has 0 aliphatic heterocycles.